The lowest BCUT2D eigenvalue weighted by Gasteiger charge is -2.07. The van der Waals surface area contributed by atoms with Gasteiger partial charge in [-0.2, -0.15) is 0 Å². The molecule has 0 radical (unpaired) electrons. The number of nitrogens with two attached hydrogens (primary N) is 2. The van der Waals surface area contributed by atoms with Crippen molar-refractivity contribution in [2.45, 2.75) is 10.9 Å². The van der Waals surface area contributed by atoms with E-state index < -0.39 is 5.91 Å². The first-order valence-corrected chi connectivity index (χ1v) is 12.6. The van der Waals surface area contributed by atoms with Crippen LogP contribution in [0.4, 0.5) is 0 Å². The number of aromatic nitrogens is 3. The number of benzene rings is 2. The quantitative estimate of drug-likeness (QED) is 0.207. The predicted octanol–water partition coefficient (Wildman–Crippen LogP) is 4.35. The van der Waals surface area contributed by atoms with Gasteiger partial charge in [-0.1, -0.05) is 54.2 Å². The molecule has 5 rings (SSSR count). The van der Waals surface area contributed by atoms with Crippen LogP contribution in [0, 0.1) is 0 Å². The Balaban J connectivity index is 1.38. The molecule has 0 aliphatic carbocycles. The summed E-state index contributed by atoms with van der Waals surface area (Å²) in [5.41, 5.74) is 9.04. The van der Waals surface area contributed by atoms with Gasteiger partial charge in [0.05, 0.1) is 11.1 Å². The standard InChI is InChI=1S/C23H17N5O2S3/c24-19(29)14-6-8-15(9-7-14)20-26-16(10-31-20)11-33-23-27-21-18(22(30)28(23)25)17(12-32-21)13-4-2-1-3-5-13/h1-10,12H,11,25H2,(H2,24,29). The minimum absolute atomic E-state index is 0.267. The summed E-state index contributed by atoms with van der Waals surface area (Å²) in [5.74, 6) is 6.18. The normalized spacial score (nSPS) is 11.2. The number of rotatable bonds is 6. The van der Waals surface area contributed by atoms with E-state index in [4.69, 9.17) is 11.6 Å². The highest BCUT2D eigenvalue weighted by Gasteiger charge is 2.17. The van der Waals surface area contributed by atoms with Gasteiger partial charge in [0, 0.05) is 33.2 Å². The van der Waals surface area contributed by atoms with Crippen molar-refractivity contribution in [3.05, 3.63) is 87.0 Å². The highest BCUT2D eigenvalue weighted by molar-refractivity contribution is 7.98. The predicted molar refractivity (Wildman–Crippen MR) is 135 cm³/mol. The van der Waals surface area contributed by atoms with Crippen molar-refractivity contribution in [1.82, 2.24) is 14.6 Å². The lowest BCUT2D eigenvalue weighted by atomic mass is 10.1. The van der Waals surface area contributed by atoms with Crippen molar-refractivity contribution in [3.8, 4) is 21.7 Å². The zero-order valence-corrected chi connectivity index (χ0v) is 19.5. The molecule has 0 saturated heterocycles. The Hall–Kier alpha value is -3.47. The lowest BCUT2D eigenvalue weighted by molar-refractivity contribution is 0.100. The molecule has 0 unspecified atom stereocenters. The van der Waals surface area contributed by atoms with Gasteiger partial charge in [-0.05, 0) is 17.7 Å². The molecule has 10 heteroatoms. The Morgan fingerprint density at radius 3 is 2.45 bits per heavy atom. The van der Waals surface area contributed by atoms with E-state index in [2.05, 4.69) is 9.97 Å². The number of nitrogen functional groups attached to an aromatic ring is 1. The van der Waals surface area contributed by atoms with Gasteiger partial charge in [0.15, 0.2) is 5.16 Å². The second-order valence-corrected chi connectivity index (χ2v) is 9.80. The topological polar surface area (TPSA) is 117 Å². The minimum atomic E-state index is -0.461. The zero-order valence-electron chi connectivity index (χ0n) is 17.1. The fourth-order valence-electron chi connectivity index (χ4n) is 3.34. The molecule has 7 nitrogen and oxygen atoms in total. The van der Waals surface area contributed by atoms with Gasteiger partial charge in [0.25, 0.3) is 5.56 Å². The number of amides is 1. The fraction of sp³-hybridized carbons (Fsp3) is 0.0435. The molecule has 0 fully saturated rings. The van der Waals surface area contributed by atoms with Crippen LogP contribution in [0.5, 0.6) is 0 Å². The fourth-order valence-corrected chi connectivity index (χ4v) is 6.07. The minimum Gasteiger partial charge on any atom is -0.366 e. The van der Waals surface area contributed by atoms with Crippen molar-refractivity contribution >= 4 is 50.6 Å². The van der Waals surface area contributed by atoms with E-state index in [1.165, 1.54) is 34.4 Å². The van der Waals surface area contributed by atoms with E-state index in [1.807, 2.05) is 53.2 Å². The Labute approximate surface area is 200 Å². The molecule has 0 saturated carbocycles. The number of fused-ring (bicyclic) bond motifs is 1. The first-order chi connectivity index (χ1) is 16.0. The monoisotopic (exact) mass is 491 g/mol. The maximum atomic E-state index is 13.0. The van der Waals surface area contributed by atoms with Crippen LogP contribution in [0.3, 0.4) is 0 Å². The largest absolute Gasteiger partial charge is 0.366 e. The molecule has 0 aliphatic rings. The van der Waals surface area contributed by atoms with Crippen LogP contribution in [0.2, 0.25) is 0 Å². The molecular formula is C23H17N5O2S3. The number of hydrogen-bond acceptors (Lipinski definition) is 8. The number of thiazole rings is 1. The van der Waals surface area contributed by atoms with Crippen LogP contribution in [0.1, 0.15) is 16.1 Å². The molecule has 3 aromatic heterocycles. The Kier molecular flexibility index (Phi) is 5.71. The van der Waals surface area contributed by atoms with Gasteiger partial charge in [0.2, 0.25) is 5.91 Å². The molecular weight excluding hydrogens is 474 g/mol. The molecule has 3 heterocycles. The third-order valence-electron chi connectivity index (χ3n) is 5.01. The summed E-state index contributed by atoms with van der Waals surface area (Å²) < 4.78 is 1.11. The van der Waals surface area contributed by atoms with E-state index in [0.717, 1.165) is 32.1 Å². The summed E-state index contributed by atoms with van der Waals surface area (Å²) in [4.78, 5) is 34.2. The van der Waals surface area contributed by atoms with E-state index in [-0.39, 0.29) is 5.56 Å². The number of carbonyl (C=O) groups is 1. The Bertz CT molecular complexity index is 1520. The van der Waals surface area contributed by atoms with Crippen molar-refractivity contribution in [2.75, 3.05) is 5.84 Å². The number of carbonyl (C=O) groups excluding carboxylic acids is 1. The van der Waals surface area contributed by atoms with Crippen LogP contribution in [-0.2, 0) is 5.75 Å². The van der Waals surface area contributed by atoms with Gasteiger partial charge in [-0.3, -0.25) is 9.59 Å². The number of thioether (sulfide) groups is 1. The van der Waals surface area contributed by atoms with Gasteiger partial charge in [-0.15, -0.1) is 22.7 Å². The molecule has 4 N–H and O–H groups in total. The number of primary amides is 1. The molecule has 0 bridgehead atoms. The Morgan fingerprint density at radius 1 is 0.970 bits per heavy atom. The van der Waals surface area contributed by atoms with Gasteiger partial charge in [-0.25, -0.2) is 14.6 Å². The number of thiophene rings is 1. The second-order valence-electron chi connectivity index (χ2n) is 7.14. The van der Waals surface area contributed by atoms with Crippen LogP contribution < -0.4 is 17.1 Å². The molecule has 0 atom stereocenters. The second kappa shape index (κ2) is 8.81. The summed E-state index contributed by atoms with van der Waals surface area (Å²) in [5, 5.41) is 5.71. The van der Waals surface area contributed by atoms with Crippen LogP contribution in [-0.4, -0.2) is 20.6 Å². The maximum Gasteiger partial charge on any atom is 0.282 e. The maximum absolute atomic E-state index is 13.0. The van der Waals surface area contributed by atoms with Crippen molar-refractivity contribution in [3.63, 3.8) is 0 Å². The summed E-state index contributed by atoms with van der Waals surface area (Å²) in [6.45, 7) is 0. The van der Waals surface area contributed by atoms with E-state index in [1.54, 1.807) is 12.1 Å². The van der Waals surface area contributed by atoms with E-state index in [9.17, 15) is 9.59 Å². The molecule has 5 aromatic rings. The number of hydrogen-bond donors (Lipinski definition) is 2. The molecule has 2 aromatic carbocycles. The van der Waals surface area contributed by atoms with E-state index in [0.29, 0.717) is 26.7 Å². The first kappa shape index (κ1) is 21.4. The van der Waals surface area contributed by atoms with E-state index >= 15 is 0 Å². The van der Waals surface area contributed by atoms with Crippen molar-refractivity contribution < 1.29 is 4.79 Å². The van der Waals surface area contributed by atoms with Crippen molar-refractivity contribution in [2.24, 2.45) is 5.73 Å². The molecule has 1 amide bonds. The first-order valence-electron chi connectivity index (χ1n) is 9.83. The summed E-state index contributed by atoms with van der Waals surface area (Å²) in [7, 11) is 0. The lowest BCUT2D eigenvalue weighted by Crippen LogP contribution is -2.29. The third-order valence-corrected chi connectivity index (χ3v) is 7.81. The Morgan fingerprint density at radius 2 is 1.73 bits per heavy atom. The highest BCUT2D eigenvalue weighted by atomic mass is 32.2. The SMILES string of the molecule is NC(=O)c1ccc(-c2nc(CSc3nc4scc(-c5ccccc5)c4c(=O)n3N)cs2)cc1. The van der Waals surface area contributed by atoms with Crippen LogP contribution in [0.15, 0.2) is 75.3 Å². The highest BCUT2D eigenvalue weighted by Crippen LogP contribution is 2.32. The third kappa shape index (κ3) is 4.15. The summed E-state index contributed by atoms with van der Waals surface area (Å²) in [6.07, 6.45) is 0. The van der Waals surface area contributed by atoms with Gasteiger partial charge < -0.3 is 11.6 Å². The van der Waals surface area contributed by atoms with Gasteiger partial charge in [0.1, 0.15) is 9.84 Å². The zero-order chi connectivity index (χ0) is 22.9. The van der Waals surface area contributed by atoms with Crippen LogP contribution >= 0.6 is 34.4 Å². The average molecular weight is 492 g/mol. The molecule has 164 valence electrons. The molecule has 0 aliphatic heterocycles. The van der Waals surface area contributed by atoms with Crippen molar-refractivity contribution in [1.29, 1.82) is 0 Å². The van der Waals surface area contributed by atoms with Gasteiger partial charge >= 0.3 is 0 Å². The van der Waals surface area contributed by atoms with Crippen LogP contribution in [0.25, 0.3) is 31.9 Å². The molecule has 33 heavy (non-hydrogen) atoms. The number of nitrogens with zero attached hydrogens (tertiary/aromatic N) is 3. The average Bonchev–Trinajstić information content (AvgIpc) is 3.48. The summed E-state index contributed by atoms with van der Waals surface area (Å²) >= 11 is 4.30. The summed E-state index contributed by atoms with van der Waals surface area (Å²) in [6, 6.07) is 16.8. The molecule has 0 spiro atoms. The smallest absolute Gasteiger partial charge is 0.282 e.